The van der Waals surface area contributed by atoms with Crippen LogP contribution in [-0.2, 0) is 51.9 Å². The van der Waals surface area contributed by atoms with Crippen LogP contribution < -0.4 is 65.2 Å². The number of anilines is 1. The minimum atomic E-state index is -4.87. The molecule has 0 unspecified atom stereocenters. The standard InChI is InChI=1S/C30H24F8N4O4.C20H18F3N3O3.C7H5ClF3NO.C6H2Cl2F3N.CH4O.CH3O.Na/c1-3-22(29(33,34)35)41-15-12-18(31)23(19(32)13-15)27(43)42-20(28(44)45)11-14-6-7-17(25-16(14)5-4-9-39-25)26-24(30(36,37)38)21(46-2)8-10-40-26;1-28-15-7-9-26-18(16(15)20(21,22)23)13-6-5-11(10-14(24)19(27)29-2)12-4-3-8-25-17(12)13;1-13-4-2-3-12-6(8)5(4)7(9,10)11;7-3-1-2-12-5(8)4(3)6(9,10)11;2*1-2;/h4-10,12-13,20,22,41H,3,11H2,1-2H3,(H,42,43)(H,44,45);3-9,14H,10,24H2,1-2H3;2-3H,1H3;1-2H;2H,1H3;1H3;/q;;;;;-1;+1/t20-,22+;14-;;;;;/m00...../s1. The molecule has 0 spiro atoms. The third kappa shape index (κ3) is 23.6. The molecule has 105 heavy (non-hydrogen) atoms. The first-order chi connectivity index (χ1) is 48.7. The molecule has 0 aliphatic carbocycles. The van der Waals surface area contributed by atoms with Gasteiger partial charge in [-0.3, -0.25) is 29.5 Å². The van der Waals surface area contributed by atoms with Gasteiger partial charge in [0.1, 0.15) is 85.1 Å². The number of carboxylic acid groups (broad SMARTS) is 1. The number of nitrogens with one attached hydrogen (secondary N) is 2. The van der Waals surface area contributed by atoms with E-state index in [4.69, 9.17) is 60.2 Å². The summed E-state index contributed by atoms with van der Waals surface area (Å²) in [5.41, 5.74) is 0.254. The van der Waals surface area contributed by atoms with Crippen molar-refractivity contribution in [3.63, 3.8) is 0 Å². The number of amides is 1. The first kappa shape index (κ1) is 90.5. The molecule has 6 heterocycles. The van der Waals surface area contributed by atoms with E-state index in [-0.39, 0.29) is 80.8 Å². The summed E-state index contributed by atoms with van der Waals surface area (Å²) in [6.45, 7) is 1.20. The molecule has 9 rings (SSSR count). The van der Waals surface area contributed by atoms with Crippen molar-refractivity contribution < 1.29 is 153 Å². The van der Waals surface area contributed by atoms with Crippen molar-refractivity contribution in [3.05, 3.63) is 188 Å². The van der Waals surface area contributed by atoms with E-state index in [0.29, 0.717) is 28.6 Å². The number of aliphatic carboxylic acids is 1. The molecule has 1 amide bonds. The number of carboxylic acids is 1. The molecule has 19 nitrogen and oxygen atoms in total. The van der Waals surface area contributed by atoms with E-state index in [2.05, 4.69) is 39.4 Å². The number of halogens is 20. The zero-order chi connectivity index (χ0) is 78.6. The number of carbonyl (C=O) groups excluding carboxylic acids is 2. The van der Waals surface area contributed by atoms with Gasteiger partial charge in [-0.25, -0.2) is 23.5 Å². The molecule has 0 saturated carbocycles. The summed E-state index contributed by atoms with van der Waals surface area (Å²) in [5.74, 6) is -7.97. The predicted octanol–water partition coefficient (Wildman–Crippen LogP) is 11.9. The predicted molar refractivity (Wildman–Crippen MR) is 344 cm³/mol. The number of aliphatic hydroxyl groups excluding tert-OH is 1. The number of ether oxygens (including phenoxy) is 4. The molecule has 0 saturated heterocycles. The number of nitrogens with zero attached hydrogens (tertiary/aromatic N) is 6. The van der Waals surface area contributed by atoms with Gasteiger partial charge in [-0.1, -0.05) is 78.1 Å². The number of aromatic nitrogens is 6. The third-order valence-corrected chi connectivity index (χ3v) is 14.8. The van der Waals surface area contributed by atoms with Gasteiger partial charge in [0, 0.05) is 78.3 Å². The maximum atomic E-state index is 14.8. The molecule has 0 aliphatic heterocycles. The van der Waals surface area contributed by atoms with E-state index in [9.17, 15) is 94.1 Å². The molecule has 0 aliphatic rings. The largest absolute Gasteiger partial charge is 1.00 e. The van der Waals surface area contributed by atoms with Crippen molar-refractivity contribution in [1.82, 2.24) is 35.2 Å². The Balaban J connectivity index is 0.000000409. The summed E-state index contributed by atoms with van der Waals surface area (Å²) in [7, 11) is 6.35. The number of hydrogen-bond donors (Lipinski definition) is 5. The van der Waals surface area contributed by atoms with Crippen molar-refractivity contribution in [2.75, 3.05) is 48.0 Å². The summed E-state index contributed by atoms with van der Waals surface area (Å²) in [4.78, 5) is 59.5. The van der Waals surface area contributed by atoms with Crippen LogP contribution in [0.5, 0.6) is 17.2 Å². The number of carbonyl (C=O) groups is 3. The monoisotopic (exact) mass is 1570 g/mol. The van der Waals surface area contributed by atoms with E-state index in [1.807, 2.05) is 10.6 Å². The van der Waals surface area contributed by atoms with Crippen LogP contribution in [0.25, 0.3) is 44.3 Å². The minimum absolute atomic E-state index is 0. The normalized spacial score (nSPS) is 12.2. The Morgan fingerprint density at radius 3 is 1.30 bits per heavy atom. The molecule has 0 radical (unpaired) electrons. The summed E-state index contributed by atoms with van der Waals surface area (Å²) in [6.07, 6.45) is -16.8. The molecule has 562 valence electrons. The quantitative estimate of drug-likeness (QED) is 0.0260. The Kier molecular flexibility index (Phi) is 34.1. The number of rotatable bonds is 16. The van der Waals surface area contributed by atoms with Gasteiger partial charge in [-0.05, 0) is 72.5 Å². The number of benzene rings is 3. The fourth-order valence-corrected chi connectivity index (χ4v) is 10.3. The molecule has 9 aromatic rings. The van der Waals surface area contributed by atoms with Gasteiger partial charge in [0.2, 0.25) is 0 Å². The number of alkyl halides is 15. The number of hydrogen-bond acceptors (Lipinski definition) is 17. The van der Waals surface area contributed by atoms with Gasteiger partial charge in [-0.15, -0.1) is 0 Å². The summed E-state index contributed by atoms with van der Waals surface area (Å²) >= 11 is 15.8. The molecular weight excluding hydrogens is 1520 g/mol. The van der Waals surface area contributed by atoms with Crippen LogP contribution in [0.3, 0.4) is 0 Å². The second kappa shape index (κ2) is 39.6. The number of aliphatic hydroxyl groups is 1. The molecule has 6 N–H and O–H groups in total. The van der Waals surface area contributed by atoms with Crippen molar-refractivity contribution in [2.45, 2.75) is 75.2 Å². The fourth-order valence-electron chi connectivity index (χ4n) is 9.51. The number of nitrogens with two attached hydrogens (primary N) is 1. The molecule has 0 bridgehead atoms. The Morgan fingerprint density at radius 2 is 0.943 bits per heavy atom. The van der Waals surface area contributed by atoms with Crippen molar-refractivity contribution >= 4 is 80.1 Å². The molecule has 3 atom stereocenters. The Hall–Kier alpha value is -8.75. The molecule has 3 aromatic carbocycles. The first-order valence-electron chi connectivity index (χ1n) is 28.9. The SMILES string of the molecule is CC[C@@H](Nc1cc(F)c(C(=O)N[C@@H](Cc2ccc(-c3nccc(OC)c3C(F)(F)F)c3ncccc23)C(=O)O)c(F)c1)C(F)(F)F.CO.COC(=O)[C@@H](N)Cc1ccc(-c2nccc(OC)c2C(F)(F)F)c2ncccc12.COc1ccnc(Cl)c1C(F)(F)F.C[O-].FC(F)(F)c1c(Cl)ccnc1Cl.[Na+]. The van der Waals surface area contributed by atoms with Crippen LogP contribution >= 0.6 is 34.8 Å². The third-order valence-electron chi connectivity index (χ3n) is 14.0. The van der Waals surface area contributed by atoms with Crippen LogP contribution in [0, 0.1) is 11.6 Å². The van der Waals surface area contributed by atoms with Crippen molar-refractivity contribution in [2.24, 2.45) is 5.73 Å². The van der Waals surface area contributed by atoms with E-state index in [1.165, 1.54) is 70.1 Å². The Labute approximate surface area is 621 Å². The van der Waals surface area contributed by atoms with Crippen LogP contribution in [0.1, 0.15) is 57.1 Å². The maximum absolute atomic E-state index is 14.8. The first-order valence-corrected chi connectivity index (χ1v) is 30.0. The van der Waals surface area contributed by atoms with Gasteiger partial charge in [-0.2, -0.15) is 73.0 Å². The molecular formula is C65H56Cl3F17N9NaO10. The summed E-state index contributed by atoms with van der Waals surface area (Å²) in [6, 6.07) is 12.3. The van der Waals surface area contributed by atoms with Gasteiger partial charge < -0.3 is 50.6 Å². The van der Waals surface area contributed by atoms with Gasteiger partial charge in [0.05, 0.1) is 55.9 Å². The zero-order valence-electron chi connectivity index (χ0n) is 55.4. The number of fused-ring (bicyclic) bond motifs is 2. The minimum Gasteiger partial charge on any atom is -0.857 e. The van der Waals surface area contributed by atoms with E-state index >= 15 is 0 Å². The molecule has 0 fully saturated rings. The van der Waals surface area contributed by atoms with Crippen molar-refractivity contribution in [3.8, 4) is 39.8 Å². The average Bonchev–Trinajstić information content (AvgIpc) is 0.764. The van der Waals surface area contributed by atoms with Gasteiger partial charge >= 0.3 is 72.4 Å². The van der Waals surface area contributed by atoms with E-state index in [0.717, 1.165) is 71.3 Å². The Morgan fingerprint density at radius 1 is 0.552 bits per heavy atom. The van der Waals surface area contributed by atoms with Crippen LogP contribution in [-0.4, -0.2) is 125 Å². The molecule has 40 heteroatoms. The maximum Gasteiger partial charge on any atom is 1.00 e. The number of methoxy groups -OCH3 is 4. The number of pyridine rings is 6. The van der Waals surface area contributed by atoms with Crippen LogP contribution in [0.15, 0.2) is 122 Å². The second-order valence-electron chi connectivity index (χ2n) is 20.3. The van der Waals surface area contributed by atoms with Crippen molar-refractivity contribution in [1.29, 1.82) is 0 Å². The van der Waals surface area contributed by atoms with E-state index in [1.54, 1.807) is 18.2 Å². The van der Waals surface area contributed by atoms with Gasteiger partial charge in [0.25, 0.3) is 5.91 Å². The molecule has 6 aromatic heterocycles. The number of esters is 1. The topological polar surface area (TPSA) is 279 Å². The second-order valence-corrected chi connectivity index (χ2v) is 21.4. The summed E-state index contributed by atoms with van der Waals surface area (Å²) < 4.78 is 244. The smallest absolute Gasteiger partial charge is 0.857 e. The van der Waals surface area contributed by atoms with E-state index < -0.39 is 152 Å². The Bertz CT molecular complexity index is 4390. The van der Waals surface area contributed by atoms with Crippen LogP contribution in [0.2, 0.25) is 15.3 Å². The average molecular weight is 1580 g/mol. The van der Waals surface area contributed by atoms with Gasteiger partial charge in [0.15, 0.2) is 0 Å². The van der Waals surface area contributed by atoms with Crippen LogP contribution in [0.4, 0.5) is 80.3 Å². The fraction of sp³-hybridized carbons (Fsp3) is 0.277. The zero-order valence-corrected chi connectivity index (χ0v) is 59.6. The summed E-state index contributed by atoms with van der Waals surface area (Å²) in [5, 5.41) is 28.1.